The van der Waals surface area contributed by atoms with Gasteiger partial charge in [0.05, 0.1) is 7.11 Å². The number of nitrogens with one attached hydrogen (secondary N) is 1. The van der Waals surface area contributed by atoms with Gasteiger partial charge in [-0.3, -0.25) is 0 Å². The third-order valence-corrected chi connectivity index (χ3v) is 3.99. The maximum atomic E-state index is 5.07. The van der Waals surface area contributed by atoms with E-state index >= 15 is 0 Å². The van der Waals surface area contributed by atoms with Crippen molar-refractivity contribution in [2.24, 2.45) is 0 Å². The summed E-state index contributed by atoms with van der Waals surface area (Å²) in [6, 6.07) is 6.68. The molecule has 3 nitrogen and oxygen atoms in total. The first-order valence-corrected chi connectivity index (χ1v) is 7.43. The number of methoxy groups -OCH3 is 1. The smallest absolute Gasteiger partial charge is 0.212 e. The molecule has 0 amide bonds. The SMILES string of the molecule is CNC(CCc1ccsc1)Cc1ccc(OC)nc1. The molecule has 102 valence electrons. The van der Waals surface area contributed by atoms with Crippen LogP contribution in [0.25, 0.3) is 0 Å². The highest BCUT2D eigenvalue weighted by Gasteiger charge is 2.08. The average molecular weight is 276 g/mol. The van der Waals surface area contributed by atoms with Gasteiger partial charge in [0.2, 0.25) is 5.88 Å². The lowest BCUT2D eigenvalue weighted by Gasteiger charge is -2.15. The van der Waals surface area contributed by atoms with Crippen LogP contribution in [-0.4, -0.2) is 25.2 Å². The number of aromatic nitrogens is 1. The molecule has 0 saturated heterocycles. The number of nitrogens with zero attached hydrogens (tertiary/aromatic N) is 1. The summed E-state index contributed by atoms with van der Waals surface area (Å²) in [5, 5.41) is 7.75. The van der Waals surface area contributed by atoms with Crippen LogP contribution in [0.3, 0.4) is 0 Å². The van der Waals surface area contributed by atoms with Crippen LogP contribution in [0.2, 0.25) is 0 Å². The zero-order valence-corrected chi connectivity index (χ0v) is 12.2. The first kappa shape index (κ1) is 14.0. The summed E-state index contributed by atoms with van der Waals surface area (Å²) in [5.41, 5.74) is 2.67. The van der Waals surface area contributed by atoms with Gasteiger partial charge < -0.3 is 10.1 Å². The first-order chi connectivity index (χ1) is 9.31. The minimum atomic E-state index is 0.482. The molecule has 0 aliphatic rings. The summed E-state index contributed by atoms with van der Waals surface area (Å²) in [4.78, 5) is 4.25. The number of ether oxygens (including phenoxy) is 1. The van der Waals surface area contributed by atoms with E-state index in [1.807, 2.05) is 19.3 Å². The van der Waals surface area contributed by atoms with Crippen molar-refractivity contribution in [3.63, 3.8) is 0 Å². The van der Waals surface area contributed by atoms with Crippen molar-refractivity contribution in [2.75, 3.05) is 14.2 Å². The predicted octanol–water partition coefficient (Wildman–Crippen LogP) is 2.92. The lowest BCUT2D eigenvalue weighted by Crippen LogP contribution is -2.28. The summed E-state index contributed by atoms with van der Waals surface area (Å²) in [6.45, 7) is 0. The van der Waals surface area contributed by atoms with Crippen LogP contribution in [0, 0.1) is 0 Å². The van der Waals surface area contributed by atoms with Crippen LogP contribution in [0.1, 0.15) is 17.5 Å². The number of likely N-dealkylation sites (N-methyl/N-ethyl adjacent to an activating group) is 1. The fraction of sp³-hybridized carbons (Fsp3) is 0.400. The number of hydrogen-bond acceptors (Lipinski definition) is 4. The molecular formula is C15H20N2OS. The molecule has 0 fully saturated rings. The van der Waals surface area contributed by atoms with E-state index in [1.54, 1.807) is 18.4 Å². The molecule has 0 saturated carbocycles. The van der Waals surface area contributed by atoms with Crippen molar-refractivity contribution in [3.05, 3.63) is 46.3 Å². The molecule has 2 aromatic rings. The van der Waals surface area contributed by atoms with Crippen LogP contribution in [0.15, 0.2) is 35.2 Å². The Morgan fingerprint density at radius 3 is 2.79 bits per heavy atom. The third kappa shape index (κ3) is 4.33. The number of pyridine rings is 1. The van der Waals surface area contributed by atoms with Crippen LogP contribution in [0.4, 0.5) is 0 Å². The van der Waals surface area contributed by atoms with Crippen molar-refractivity contribution in [3.8, 4) is 5.88 Å². The second kappa shape index (κ2) is 7.26. The van der Waals surface area contributed by atoms with Gasteiger partial charge >= 0.3 is 0 Å². The van der Waals surface area contributed by atoms with Gasteiger partial charge in [-0.2, -0.15) is 11.3 Å². The minimum absolute atomic E-state index is 0.482. The molecule has 0 spiro atoms. The van der Waals surface area contributed by atoms with Crippen LogP contribution in [-0.2, 0) is 12.8 Å². The van der Waals surface area contributed by atoms with E-state index in [4.69, 9.17) is 4.74 Å². The third-order valence-electron chi connectivity index (χ3n) is 3.26. The molecular weight excluding hydrogens is 256 g/mol. The fourth-order valence-corrected chi connectivity index (χ4v) is 2.76. The molecule has 19 heavy (non-hydrogen) atoms. The number of hydrogen-bond donors (Lipinski definition) is 1. The molecule has 0 aromatic carbocycles. The van der Waals surface area contributed by atoms with E-state index in [0.717, 1.165) is 19.3 Å². The van der Waals surface area contributed by atoms with Gasteiger partial charge in [-0.15, -0.1) is 0 Å². The van der Waals surface area contributed by atoms with Crippen molar-refractivity contribution >= 4 is 11.3 Å². The topological polar surface area (TPSA) is 34.1 Å². The Kier molecular flexibility index (Phi) is 5.36. The molecule has 2 heterocycles. The lowest BCUT2D eigenvalue weighted by molar-refractivity contribution is 0.397. The normalized spacial score (nSPS) is 12.3. The van der Waals surface area contributed by atoms with E-state index in [0.29, 0.717) is 11.9 Å². The highest BCUT2D eigenvalue weighted by atomic mass is 32.1. The summed E-state index contributed by atoms with van der Waals surface area (Å²) >= 11 is 1.76. The number of thiophene rings is 1. The Bertz CT molecular complexity index is 467. The number of aryl methyl sites for hydroxylation is 1. The molecule has 0 bridgehead atoms. The molecule has 2 rings (SSSR count). The average Bonchev–Trinajstić information content (AvgIpc) is 2.97. The second-order valence-electron chi connectivity index (χ2n) is 4.57. The molecule has 0 radical (unpaired) electrons. The van der Waals surface area contributed by atoms with Crippen LogP contribution in [0.5, 0.6) is 5.88 Å². The van der Waals surface area contributed by atoms with Gasteiger partial charge in [-0.05, 0) is 54.3 Å². The summed E-state index contributed by atoms with van der Waals surface area (Å²) < 4.78 is 5.07. The Hall–Kier alpha value is -1.39. The van der Waals surface area contributed by atoms with E-state index in [2.05, 4.69) is 33.2 Å². The Balaban J connectivity index is 1.87. The van der Waals surface area contributed by atoms with Crippen molar-refractivity contribution in [1.82, 2.24) is 10.3 Å². The largest absolute Gasteiger partial charge is 0.481 e. The van der Waals surface area contributed by atoms with Crippen molar-refractivity contribution in [1.29, 1.82) is 0 Å². The van der Waals surface area contributed by atoms with E-state index in [9.17, 15) is 0 Å². The van der Waals surface area contributed by atoms with E-state index in [-0.39, 0.29) is 0 Å². The zero-order chi connectivity index (χ0) is 13.5. The van der Waals surface area contributed by atoms with E-state index < -0.39 is 0 Å². The fourth-order valence-electron chi connectivity index (χ4n) is 2.06. The summed E-state index contributed by atoms with van der Waals surface area (Å²) in [7, 11) is 3.66. The van der Waals surface area contributed by atoms with Gasteiger partial charge in [-0.1, -0.05) is 6.07 Å². The molecule has 0 aliphatic heterocycles. The van der Waals surface area contributed by atoms with Crippen LogP contribution < -0.4 is 10.1 Å². The molecule has 4 heteroatoms. The quantitative estimate of drug-likeness (QED) is 0.844. The molecule has 0 aliphatic carbocycles. The maximum Gasteiger partial charge on any atom is 0.212 e. The highest BCUT2D eigenvalue weighted by molar-refractivity contribution is 7.07. The summed E-state index contributed by atoms with van der Waals surface area (Å²) in [5.74, 6) is 0.669. The van der Waals surface area contributed by atoms with Crippen molar-refractivity contribution < 1.29 is 4.74 Å². The minimum Gasteiger partial charge on any atom is -0.481 e. The Morgan fingerprint density at radius 1 is 1.32 bits per heavy atom. The van der Waals surface area contributed by atoms with Gasteiger partial charge in [0.25, 0.3) is 0 Å². The van der Waals surface area contributed by atoms with Crippen molar-refractivity contribution in [2.45, 2.75) is 25.3 Å². The van der Waals surface area contributed by atoms with E-state index in [1.165, 1.54) is 11.1 Å². The first-order valence-electron chi connectivity index (χ1n) is 6.49. The summed E-state index contributed by atoms with van der Waals surface area (Å²) in [6.07, 6.45) is 5.16. The zero-order valence-electron chi connectivity index (χ0n) is 11.4. The molecule has 1 atom stereocenters. The second-order valence-corrected chi connectivity index (χ2v) is 5.35. The molecule has 1 N–H and O–H groups in total. The predicted molar refractivity (Wildman–Crippen MR) is 80.0 cm³/mol. The monoisotopic (exact) mass is 276 g/mol. The number of rotatable bonds is 7. The van der Waals surface area contributed by atoms with Gasteiger partial charge in [0, 0.05) is 18.3 Å². The highest BCUT2D eigenvalue weighted by Crippen LogP contribution is 2.13. The Morgan fingerprint density at radius 2 is 2.21 bits per heavy atom. The van der Waals surface area contributed by atoms with Gasteiger partial charge in [0.15, 0.2) is 0 Å². The molecule has 1 unspecified atom stereocenters. The Labute approximate surface area is 118 Å². The maximum absolute atomic E-state index is 5.07. The van der Waals surface area contributed by atoms with Gasteiger partial charge in [0.1, 0.15) is 0 Å². The van der Waals surface area contributed by atoms with Gasteiger partial charge in [-0.25, -0.2) is 4.98 Å². The molecule has 2 aromatic heterocycles. The standard InChI is InChI=1S/C15H20N2OS/c1-16-14(5-3-12-7-8-19-11-12)9-13-4-6-15(18-2)17-10-13/h4,6-8,10-11,14,16H,3,5,9H2,1-2H3. The van der Waals surface area contributed by atoms with Crippen LogP contribution >= 0.6 is 11.3 Å². The lowest BCUT2D eigenvalue weighted by atomic mass is 10.0.